The predicted octanol–water partition coefficient (Wildman–Crippen LogP) is 1.62. The van der Waals surface area contributed by atoms with Crippen molar-refractivity contribution in [1.82, 2.24) is 55.4 Å². The highest BCUT2D eigenvalue weighted by Gasteiger charge is 2.29. The molecule has 1 unspecified atom stereocenters. The highest BCUT2D eigenvalue weighted by Crippen LogP contribution is 2.22. The summed E-state index contributed by atoms with van der Waals surface area (Å²) < 4.78 is 0. The molecule has 4 rings (SSSR count). The van der Waals surface area contributed by atoms with Crippen molar-refractivity contribution in [3.05, 3.63) is 29.8 Å². The lowest BCUT2D eigenvalue weighted by Crippen LogP contribution is -2.53. The quantitative estimate of drug-likeness (QED) is 0.0426. The van der Waals surface area contributed by atoms with E-state index in [1.165, 1.54) is 38.5 Å². The van der Waals surface area contributed by atoms with Gasteiger partial charge in [0.2, 0.25) is 17.8 Å². The molecule has 470 valence electrons. The molecular formula is C55H90N14O15. The number of hydrogen-bond acceptors (Lipinski definition) is 20. The first kappa shape index (κ1) is 69.4. The van der Waals surface area contributed by atoms with Crippen molar-refractivity contribution >= 4 is 71.3 Å². The van der Waals surface area contributed by atoms with Crippen LogP contribution in [0.3, 0.4) is 0 Å². The van der Waals surface area contributed by atoms with Crippen LogP contribution in [0.25, 0.3) is 0 Å². The van der Waals surface area contributed by atoms with Gasteiger partial charge in [-0.15, -0.1) is 0 Å². The van der Waals surface area contributed by atoms with Gasteiger partial charge in [-0.05, 0) is 82.3 Å². The Kier molecular flexibility index (Phi) is 31.4. The number of nitrogens with one attached hydrogen (secondary N) is 4. The van der Waals surface area contributed by atoms with Gasteiger partial charge in [0.25, 0.3) is 0 Å². The van der Waals surface area contributed by atoms with Crippen LogP contribution >= 0.6 is 0 Å². The zero-order chi connectivity index (χ0) is 61.4. The Balaban J connectivity index is 1.17. The zero-order valence-corrected chi connectivity index (χ0v) is 48.7. The van der Waals surface area contributed by atoms with E-state index in [4.69, 9.17) is 15.1 Å². The number of hydrogen-bond donors (Lipinski definition) is 11. The summed E-state index contributed by atoms with van der Waals surface area (Å²) in [6.45, 7) is 5.93. The molecule has 0 bridgehead atoms. The van der Waals surface area contributed by atoms with Gasteiger partial charge in [-0.3, -0.25) is 48.5 Å². The minimum Gasteiger partial charge on any atom is -0.481 e. The highest BCUT2D eigenvalue weighted by molar-refractivity contribution is 5.86. The summed E-state index contributed by atoms with van der Waals surface area (Å²) in [5, 5.41) is 77.7. The molecule has 29 heteroatoms. The van der Waals surface area contributed by atoms with Gasteiger partial charge in [0.1, 0.15) is 12.1 Å². The lowest BCUT2D eigenvalue weighted by atomic mass is 10.0. The molecule has 2 fully saturated rings. The van der Waals surface area contributed by atoms with Crippen molar-refractivity contribution < 1.29 is 74.1 Å². The standard InChI is InChI=1S/C55H90N14O15/c1-63(2)53-60-52(57-41-17-15-40(16-18-41)34-42-35-67(38-48(76)77)27-26-65(36-46(72)73)24-25-66(37-47(74)75)30-33-69(42)39-49(78)79)61-54(62-53)68-31-28-64(29-32-68)23-13-9-7-5-3-4-6-8-11-21-56-22-12-10-14-43(50(80)81)58-55(84)59-44(51(82)83)19-20-45(70)71/h15-18,42-44,56H,3-14,19-39H2,1-2H3,(H,70,71)(H,72,73)(H,74,75)(H,76,77)(H,78,79)(H,80,81)(H,82,83)(H2,58,59,84)(H,57,60,61,62)/t42?,43-,44-/m0/s1. The van der Waals surface area contributed by atoms with E-state index in [1.807, 2.05) is 43.3 Å². The number of aromatic nitrogens is 3. The molecule has 3 heterocycles. The minimum atomic E-state index is -1.45. The number of carboxylic acids is 7. The Morgan fingerprint density at radius 1 is 0.536 bits per heavy atom. The van der Waals surface area contributed by atoms with E-state index in [1.54, 1.807) is 19.6 Å². The lowest BCUT2D eigenvalue weighted by Gasteiger charge is -2.37. The van der Waals surface area contributed by atoms with Gasteiger partial charge in [-0.25, -0.2) is 14.4 Å². The zero-order valence-electron chi connectivity index (χ0n) is 48.7. The minimum absolute atomic E-state index is 0.159. The summed E-state index contributed by atoms with van der Waals surface area (Å²) >= 11 is 0. The Morgan fingerprint density at radius 2 is 1.02 bits per heavy atom. The molecule has 1 aromatic carbocycles. The fourth-order valence-electron chi connectivity index (χ4n) is 10.1. The number of amides is 2. The topological polar surface area (TPSA) is 388 Å². The van der Waals surface area contributed by atoms with Crippen molar-refractivity contribution in [3.8, 4) is 0 Å². The number of nitrogens with zero attached hydrogens (tertiary/aromatic N) is 10. The van der Waals surface area contributed by atoms with E-state index in [2.05, 4.69) is 36.1 Å². The van der Waals surface area contributed by atoms with Gasteiger partial charge in [-0.1, -0.05) is 57.1 Å². The lowest BCUT2D eigenvalue weighted by molar-refractivity contribution is -0.142. The van der Waals surface area contributed by atoms with E-state index in [0.717, 1.165) is 64.1 Å². The maximum Gasteiger partial charge on any atom is 0.326 e. The van der Waals surface area contributed by atoms with Crippen molar-refractivity contribution in [2.75, 3.05) is 147 Å². The highest BCUT2D eigenvalue weighted by atomic mass is 16.4. The molecule has 0 aliphatic carbocycles. The summed E-state index contributed by atoms with van der Waals surface area (Å²) in [4.78, 5) is 121. The third-order valence-corrected chi connectivity index (χ3v) is 14.7. The second kappa shape index (κ2) is 38.0. The normalized spacial score (nSPS) is 17.0. The van der Waals surface area contributed by atoms with Crippen LogP contribution in [0, 0.1) is 0 Å². The molecule has 0 spiro atoms. The number of urea groups is 1. The number of benzene rings is 1. The molecule has 0 radical (unpaired) electrons. The third kappa shape index (κ3) is 28.5. The van der Waals surface area contributed by atoms with Crippen LogP contribution in [0.2, 0.25) is 0 Å². The Labute approximate surface area is 490 Å². The summed E-state index contributed by atoms with van der Waals surface area (Å²) in [6, 6.07) is 3.40. The fourth-order valence-corrected chi connectivity index (χ4v) is 10.1. The second-order valence-corrected chi connectivity index (χ2v) is 21.8. The van der Waals surface area contributed by atoms with Gasteiger partial charge in [0.15, 0.2) is 0 Å². The third-order valence-electron chi connectivity index (χ3n) is 14.7. The molecule has 0 saturated carbocycles. The number of unbranched alkanes of at least 4 members (excludes halogenated alkanes) is 9. The Morgan fingerprint density at radius 3 is 1.56 bits per heavy atom. The molecule has 84 heavy (non-hydrogen) atoms. The molecule has 2 aromatic rings. The number of aliphatic carboxylic acids is 7. The van der Waals surface area contributed by atoms with Crippen LogP contribution in [-0.4, -0.2) is 273 Å². The molecule has 1 aromatic heterocycles. The summed E-state index contributed by atoms with van der Waals surface area (Å²) in [7, 11) is 3.73. The van der Waals surface area contributed by atoms with E-state index in [0.29, 0.717) is 49.3 Å². The van der Waals surface area contributed by atoms with E-state index in [-0.39, 0.29) is 84.8 Å². The Bertz CT molecular complexity index is 2380. The maximum absolute atomic E-state index is 12.2. The average Bonchev–Trinajstić information content (AvgIpc) is 3.59. The summed E-state index contributed by atoms with van der Waals surface area (Å²) in [6.07, 6.45) is 11.4. The molecule has 2 aliphatic rings. The molecule has 2 saturated heterocycles. The molecule has 2 aliphatic heterocycles. The predicted molar refractivity (Wildman–Crippen MR) is 311 cm³/mol. The number of carbonyl (C=O) groups is 8. The molecule has 2 amide bonds. The van der Waals surface area contributed by atoms with Crippen molar-refractivity contribution in [3.63, 3.8) is 0 Å². The Hall–Kier alpha value is -7.05. The largest absolute Gasteiger partial charge is 0.481 e. The van der Waals surface area contributed by atoms with Gasteiger partial charge >= 0.3 is 47.8 Å². The first-order valence-electron chi connectivity index (χ1n) is 29.1. The van der Waals surface area contributed by atoms with Crippen LogP contribution in [0.1, 0.15) is 95.5 Å². The van der Waals surface area contributed by atoms with Crippen molar-refractivity contribution in [1.29, 1.82) is 0 Å². The number of carbonyl (C=O) groups excluding carboxylic acids is 1. The van der Waals surface area contributed by atoms with E-state index < -0.39 is 72.4 Å². The van der Waals surface area contributed by atoms with Gasteiger partial charge in [0, 0.05) is 104 Å². The average molecular weight is 1190 g/mol. The molecule has 11 N–H and O–H groups in total. The van der Waals surface area contributed by atoms with Crippen LogP contribution in [-0.2, 0) is 40.0 Å². The van der Waals surface area contributed by atoms with Gasteiger partial charge in [0.05, 0.1) is 26.2 Å². The summed E-state index contributed by atoms with van der Waals surface area (Å²) in [5.41, 5.74) is 1.54. The van der Waals surface area contributed by atoms with Crippen LogP contribution in [0.5, 0.6) is 0 Å². The second-order valence-electron chi connectivity index (χ2n) is 21.8. The molecule has 29 nitrogen and oxygen atoms in total. The van der Waals surface area contributed by atoms with Crippen LogP contribution < -0.4 is 31.1 Å². The van der Waals surface area contributed by atoms with E-state index in [9.17, 15) is 69.0 Å². The SMILES string of the molecule is CN(C)c1nc(Nc2ccc(CC3CN(CC(=O)O)CCN(CC(=O)O)CCN(CC(=O)O)CCN3CC(=O)O)cc2)nc(N2CCN(CCCCCCCCCCCNCCCC[C@H](NC(=O)N[C@@H](CCC(=O)O)C(=O)O)C(=O)O)CC2)n1. The molecule has 3 atom stereocenters. The number of anilines is 4. The molecular weight excluding hydrogens is 1100 g/mol. The first-order valence-corrected chi connectivity index (χ1v) is 29.1. The smallest absolute Gasteiger partial charge is 0.326 e. The number of piperazine rings is 1. The van der Waals surface area contributed by atoms with Crippen molar-refractivity contribution in [2.45, 2.75) is 114 Å². The van der Waals surface area contributed by atoms with Crippen molar-refractivity contribution in [2.24, 2.45) is 0 Å². The number of carboxylic acid groups (broad SMARTS) is 7. The number of rotatable bonds is 38. The first-order chi connectivity index (χ1) is 40.1. The van der Waals surface area contributed by atoms with Crippen LogP contribution in [0.15, 0.2) is 24.3 Å². The monoisotopic (exact) mass is 1190 g/mol. The van der Waals surface area contributed by atoms with E-state index >= 15 is 0 Å². The fraction of sp³-hybridized carbons (Fsp3) is 0.691. The van der Waals surface area contributed by atoms with Gasteiger partial charge < -0.3 is 66.8 Å². The summed E-state index contributed by atoms with van der Waals surface area (Å²) in [5.74, 6) is -6.73. The van der Waals surface area contributed by atoms with Crippen LogP contribution in [0.4, 0.5) is 28.3 Å². The maximum atomic E-state index is 12.2. The van der Waals surface area contributed by atoms with Gasteiger partial charge in [-0.2, -0.15) is 15.0 Å².